The SMILES string of the molecule is CCC1(C)CCN(CCCCCCCCCS)CC1. The van der Waals surface area contributed by atoms with Gasteiger partial charge in [0.15, 0.2) is 0 Å². The monoisotopic (exact) mass is 285 g/mol. The van der Waals surface area contributed by atoms with E-state index in [2.05, 4.69) is 31.4 Å². The lowest BCUT2D eigenvalue weighted by Crippen LogP contribution is -2.38. The van der Waals surface area contributed by atoms with Crippen molar-refractivity contribution in [2.75, 3.05) is 25.4 Å². The van der Waals surface area contributed by atoms with Crippen LogP contribution in [0.25, 0.3) is 0 Å². The van der Waals surface area contributed by atoms with Crippen molar-refractivity contribution < 1.29 is 0 Å². The molecule has 0 atom stereocenters. The summed E-state index contributed by atoms with van der Waals surface area (Å²) < 4.78 is 0. The highest BCUT2D eigenvalue weighted by Crippen LogP contribution is 2.33. The van der Waals surface area contributed by atoms with Gasteiger partial charge in [-0.1, -0.05) is 52.4 Å². The summed E-state index contributed by atoms with van der Waals surface area (Å²) >= 11 is 4.25. The fraction of sp³-hybridized carbons (Fsp3) is 1.00. The Morgan fingerprint density at radius 1 is 0.895 bits per heavy atom. The van der Waals surface area contributed by atoms with Crippen molar-refractivity contribution in [3.63, 3.8) is 0 Å². The van der Waals surface area contributed by atoms with Crippen LogP contribution in [0.4, 0.5) is 0 Å². The number of likely N-dealkylation sites (tertiary alicyclic amines) is 1. The van der Waals surface area contributed by atoms with Crippen LogP contribution in [0.1, 0.15) is 78.1 Å². The van der Waals surface area contributed by atoms with Crippen molar-refractivity contribution in [3.05, 3.63) is 0 Å². The van der Waals surface area contributed by atoms with Gasteiger partial charge < -0.3 is 4.90 Å². The quantitative estimate of drug-likeness (QED) is 0.428. The molecule has 0 spiro atoms. The molecule has 0 aliphatic carbocycles. The van der Waals surface area contributed by atoms with Gasteiger partial charge in [-0.15, -0.1) is 0 Å². The predicted molar refractivity (Wildman–Crippen MR) is 90.2 cm³/mol. The number of piperidine rings is 1. The van der Waals surface area contributed by atoms with Gasteiger partial charge >= 0.3 is 0 Å². The summed E-state index contributed by atoms with van der Waals surface area (Å²) in [6.45, 7) is 8.84. The van der Waals surface area contributed by atoms with Crippen molar-refractivity contribution in [2.45, 2.75) is 78.1 Å². The third-order valence-corrected chi connectivity index (χ3v) is 5.37. The fourth-order valence-electron chi connectivity index (χ4n) is 3.00. The minimum absolute atomic E-state index is 0.642. The summed E-state index contributed by atoms with van der Waals surface area (Å²) in [5, 5.41) is 0. The van der Waals surface area contributed by atoms with E-state index in [9.17, 15) is 0 Å². The molecule has 2 heteroatoms. The minimum Gasteiger partial charge on any atom is -0.303 e. The maximum atomic E-state index is 4.25. The number of thiol groups is 1. The topological polar surface area (TPSA) is 3.24 Å². The van der Waals surface area contributed by atoms with E-state index in [4.69, 9.17) is 0 Å². The fourth-order valence-corrected chi connectivity index (χ4v) is 3.22. The molecule has 1 nitrogen and oxygen atoms in total. The molecule has 1 saturated heterocycles. The minimum atomic E-state index is 0.642. The number of hydrogen-bond acceptors (Lipinski definition) is 2. The molecule has 0 saturated carbocycles. The summed E-state index contributed by atoms with van der Waals surface area (Å²) in [6, 6.07) is 0. The first-order chi connectivity index (χ1) is 9.20. The van der Waals surface area contributed by atoms with Crippen LogP contribution < -0.4 is 0 Å². The second-order valence-electron chi connectivity index (χ2n) is 6.70. The smallest absolute Gasteiger partial charge is 0.00135 e. The van der Waals surface area contributed by atoms with Crippen molar-refractivity contribution in [2.24, 2.45) is 5.41 Å². The van der Waals surface area contributed by atoms with E-state index in [0.717, 1.165) is 5.75 Å². The Balaban J connectivity index is 1.91. The van der Waals surface area contributed by atoms with Gasteiger partial charge in [0.1, 0.15) is 0 Å². The molecule has 1 aliphatic heterocycles. The van der Waals surface area contributed by atoms with Gasteiger partial charge in [0.25, 0.3) is 0 Å². The third kappa shape index (κ3) is 7.60. The molecule has 0 aromatic carbocycles. The van der Waals surface area contributed by atoms with Crippen LogP contribution in [-0.4, -0.2) is 30.3 Å². The van der Waals surface area contributed by atoms with Crippen molar-refractivity contribution >= 4 is 12.6 Å². The van der Waals surface area contributed by atoms with Gasteiger partial charge in [-0.3, -0.25) is 0 Å². The van der Waals surface area contributed by atoms with Gasteiger partial charge in [0, 0.05) is 0 Å². The first-order valence-corrected chi connectivity index (χ1v) is 9.17. The molecule has 114 valence electrons. The van der Waals surface area contributed by atoms with Gasteiger partial charge in [-0.2, -0.15) is 12.6 Å². The van der Waals surface area contributed by atoms with Crippen molar-refractivity contribution in [3.8, 4) is 0 Å². The average Bonchev–Trinajstić information content (AvgIpc) is 2.44. The van der Waals surface area contributed by atoms with E-state index in [-0.39, 0.29) is 0 Å². The Hall–Kier alpha value is 0.310. The molecule has 0 N–H and O–H groups in total. The van der Waals surface area contributed by atoms with Crippen LogP contribution >= 0.6 is 12.6 Å². The van der Waals surface area contributed by atoms with Crippen LogP contribution in [0, 0.1) is 5.41 Å². The Bertz CT molecular complexity index is 209. The van der Waals surface area contributed by atoms with E-state index >= 15 is 0 Å². The molecule has 0 aromatic heterocycles. The van der Waals surface area contributed by atoms with Crippen LogP contribution in [0.2, 0.25) is 0 Å². The first kappa shape index (κ1) is 17.4. The van der Waals surface area contributed by atoms with Crippen LogP contribution in [0.5, 0.6) is 0 Å². The summed E-state index contributed by atoms with van der Waals surface area (Å²) in [5.41, 5.74) is 0.642. The zero-order valence-corrected chi connectivity index (χ0v) is 14.2. The number of nitrogens with zero attached hydrogens (tertiary/aromatic N) is 1. The largest absolute Gasteiger partial charge is 0.303 e. The lowest BCUT2D eigenvalue weighted by molar-refractivity contribution is 0.113. The van der Waals surface area contributed by atoms with E-state index in [1.165, 1.54) is 83.8 Å². The molecular formula is C17H35NS. The average molecular weight is 286 g/mol. The van der Waals surface area contributed by atoms with Gasteiger partial charge in [-0.05, 0) is 56.5 Å². The zero-order chi connectivity index (χ0) is 14.0. The molecule has 0 unspecified atom stereocenters. The molecule has 0 bridgehead atoms. The Labute approximate surface area is 126 Å². The Morgan fingerprint density at radius 3 is 1.95 bits per heavy atom. The summed E-state index contributed by atoms with van der Waals surface area (Å²) in [4.78, 5) is 2.69. The molecule has 0 amide bonds. The predicted octanol–water partition coefficient (Wildman–Crippen LogP) is 5.16. The molecule has 1 aliphatic rings. The van der Waals surface area contributed by atoms with Crippen LogP contribution in [0.15, 0.2) is 0 Å². The van der Waals surface area contributed by atoms with Crippen molar-refractivity contribution in [1.82, 2.24) is 4.90 Å². The lowest BCUT2D eigenvalue weighted by atomic mass is 9.78. The van der Waals surface area contributed by atoms with E-state index in [0.29, 0.717) is 5.41 Å². The molecular weight excluding hydrogens is 250 g/mol. The highest BCUT2D eigenvalue weighted by molar-refractivity contribution is 7.80. The number of hydrogen-bond donors (Lipinski definition) is 1. The zero-order valence-electron chi connectivity index (χ0n) is 13.3. The molecule has 0 aromatic rings. The van der Waals surface area contributed by atoms with Crippen molar-refractivity contribution in [1.29, 1.82) is 0 Å². The Kier molecular flexibility index (Phi) is 9.23. The summed E-state index contributed by atoms with van der Waals surface area (Å²) in [5.74, 6) is 1.06. The van der Waals surface area contributed by atoms with Gasteiger partial charge in [-0.25, -0.2) is 0 Å². The van der Waals surface area contributed by atoms with Crippen LogP contribution in [-0.2, 0) is 0 Å². The summed E-state index contributed by atoms with van der Waals surface area (Å²) in [7, 11) is 0. The second-order valence-corrected chi connectivity index (χ2v) is 7.15. The van der Waals surface area contributed by atoms with Gasteiger partial charge in [0.05, 0.1) is 0 Å². The molecule has 19 heavy (non-hydrogen) atoms. The molecule has 1 heterocycles. The maximum Gasteiger partial charge on any atom is -0.00135 e. The van der Waals surface area contributed by atoms with E-state index in [1.54, 1.807) is 0 Å². The number of unbranched alkanes of at least 4 members (excludes halogenated alkanes) is 6. The standard InChI is InChI=1S/C17H35NS/c1-3-17(2)11-14-18(15-12-17)13-9-7-5-4-6-8-10-16-19/h19H,3-16H2,1-2H3. The Morgan fingerprint density at radius 2 is 1.42 bits per heavy atom. The molecule has 1 rings (SSSR count). The number of rotatable bonds is 10. The summed E-state index contributed by atoms with van der Waals surface area (Å²) in [6.07, 6.45) is 14.0. The third-order valence-electron chi connectivity index (χ3n) is 5.05. The highest BCUT2D eigenvalue weighted by atomic mass is 32.1. The maximum absolute atomic E-state index is 4.25. The van der Waals surface area contributed by atoms with Crippen LogP contribution in [0.3, 0.4) is 0 Å². The highest BCUT2D eigenvalue weighted by Gasteiger charge is 2.27. The molecule has 1 fully saturated rings. The second kappa shape index (κ2) is 10.1. The first-order valence-electron chi connectivity index (χ1n) is 8.53. The normalized spacial score (nSPS) is 19.7. The van der Waals surface area contributed by atoms with E-state index in [1.807, 2.05) is 0 Å². The van der Waals surface area contributed by atoms with E-state index < -0.39 is 0 Å². The van der Waals surface area contributed by atoms with Gasteiger partial charge in [0.2, 0.25) is 0 Å². The molecule has 0 radical (unpaired) electrons. The lowest BCUT2D eigenvalue weighted by Gasteiger charge is -2.39.